The van der Waals surface area contributed by atoms with Gasteiger partial charge in [0.15, 0.2) is 0 Å². The molecule has 0 aliphatic carbocycles. The molecular weight excluding hydrogens is 86.1 g/mol. The van der Waals surface area contributed by atoms with Crippen molar-refractivity contribution >= 4 is 6.21 Å². The summed E-state index contributed by atoms with van der Waals surface area (Å²) in [5.74, 6) is 0. The van der Waals surface area contributed by atoms with Crippen LogP contribution in [0.4, 0.5) is 0 Å². The van der Waals surface area contributed by atoms with Gasteiger partial charge in [0, 0.05) is 12.4 Å². The van der Waals surface area contributed by atoms with Crippen LogP contribution in [0.3, 0.4) is 0 Å². The molecule has 0 rings (SSSR count). The molecule has 0 saturated carbocycles. The van der Waals surface area contributed by atoms with Gasteiger partial charge < -0.3 is 0 Å². The molecule has 0 heterocycles. The number of nitrogens with zero attached hydrogens (tertiary/aromatic N) is 1. The van der Waals surface area contributed by atoms with Gasteiger partial charge in [-0.1, -0.05) is 6.58 Å². The Morgan fingerprint density at radius 3 is 1.86 bits per heavy atom. The van der Waals surface area contributed by atoms with Gasteiger partial charge in [-0.05, 0) is 6.92 Å². The van der Waals surface area contributed by atoms with Crippen molar-refractivity contribution in [3.05, 3.63) is 25.9 Å². The first-order chi connectivity index (χ1) is 3.41. The molecule has 0 saturated heterocycles. The monoisotopic (exact) mass is 97.1 g/mol. The first kappa shape index (κ1) is 9.47. The number of hydrogen-bond donors (Lipinski definition) is 0. The SMILES string of the molecule is C=C.C=CN=CC. The maximum absolute atomic E-state index is 3.61. The van der Waals surface area contributed by atoms with Crippen LogP contribution in [0.15, 0.2) is 30.9 Å². The van der Waals surface area contributed by atoms with Crippen molar-refractivity contribution in [1.29, 1.82) is 0 Å². The fourth-order valence-electron chi connectivity index (χ4n) is 0.105. The van der Waals surface area contributed by atoms with Gasteiger partial charge in [-0.25, -0.2) is 0 Å². The Labute approximate surface area is 45.1 Å². The maximum Gasteiger partial charge on any atom is 0.0191 e. The summed E-state index contributed by atoms with van der Waals surface area (Å²) < 4.78 is 0. The highest BCUT2D eigenvalue weighted by atomic mass is 14.6. The van der Waals surface area contributed by atoms with Crippen molar-refractivity contribution in [2.24, 2.45) is 4.99 Å². The van der Waals surface area contributed by atoms with E-state index in [2.05, 4.69) is 24.7 Å². The molecule has 40 valence electrons. The molecule has 0 bridgehead atoms. The molecule has 7 heavy (non-hydrogen) atoms. The van der Waals surface area contributed by atoms with Gasteiger partial charge in [0.25, 0.3) is 0 Å². The standard InChI is InChI=1S/C4H7N.C2H4/c1-3-5-4-2;1-2/h3-4H,1H2,2H3;1-2H2. The average Bonchev–Trinajstić information content (AvgIpc) is 1.75. The van der Waals surface area contributed by atoms with Crippen molar-refractivity contribution in [1.82, 2.24) is 0 Å². The van der Waals surface area contributed by atoms with E-state index in [1.165, 1.54) is 6.20 Å². The predicted octanol–water partition coefficient (Wildman–Crippen LogP) is 2.02. The Morgan fingerprint density at radius 1 is 1.43 bits per heavy atom. The fraction of sp³-hybridized carbons (Fsp3) is 0.167. The van der Waals surface area contributed by atoms with Gasteiger partial charge in [0.2, 0.25) is 0 Å². The van der Waals surface area contributed by atoms with E-state index in [1.54, 1.807) is 6.21 Å². The van der Waals surface area contributed by atoms with E-state index in [4.69, 9.17) is 0 Å². The van der Waals surface area contributed by atoms with E-state index in [0.717, 1.165) is 0 Å². The first-order valence-electron chi connectivity index (χ1n) is 2.00. The lowest BCUT2D eigenvalue weighted by molar-refractivity contribution is 1.60. The summed E-state index contributed by atoms with van der Waals surface area (Å²) in [7, 11) is 0. The first-order valence-corrected chi connectivity index (χ1v) is 2.00. The molecule has 0 aromatic rings. The quantitative estimate of drug-likeness (QED) is 0.350. The molecule has 0 unspecified atom stereocenters. The van der Waals surface area contributed by atoms with E-state index in [-0.39, 0.29) is 0 Å². The van der Waals surface area contributed by atoms with Crippen molar-refractivity contribution in [3.63, 3.8) is 0 Å². The van der Waals surface area contributed by atoms with Crippen molar-refractivity contribution < 1.29 is 0 Å². The molecule has 0 aliphatic rings. The lowest BCUT2D eigenvalue weighted by Crippen LogP contribution is -1.46. The summed E-state index contributed by atoms with van der Waals surface area (Å²) in [6.07, 6.45) is 3.19. The minimum Gasteiger partial charge on any atom is -0.270 e. The van der Waals surface area contributed by atoms with Crippen molar-refractivity contribution in [3.8, 4) is 0 Å². The zero-order chi connectivity index (χ0) is 6.12. The highest BCUT2D eigenvalue weighted by molar-refractivity contribution is 5.53. The summed E-state index contributed by atoms with van der Waals surface area (Å²) in [6.45, 7) is 11.2. The molecule has 0 aromatic carbocycles. The predicted molar refractivity (Wildman–Crippen MR) is 35.6 cm³/mol. The molecule has 0 spiro atoms. The third-order valence-electron chi connectivity index (χ3n) is 0.254. The minimum absolute atomic E-state index is 1.50. The van der Waals surface area contributed by atoms with Crippen LogP contribution in [0.25, 0.3) is 0 Å². The number of rotatable bonds is 1. The Bertz CT molecular complexity index is 55.2. The topological polar surface area (TPSA) is 12.4 Å². The largest absolute Gasteiger partial charge is 0.270 e. The van der Waals surface area contributed by atoms with E-state index in [1.807, 2.05) is 6.92 Å². The van der Waals surface area contributed by atoms with Crippen molar-refractivity contribution in [2.75, 3.05) is 0 Å². The second kappa shape index (κ2) is 19.2. The van der Waals surface area contributed by atoms with Gasteiger partial charge in [-0.3, -0.25) is 4.99 Å². The second-order valence-corrected chi connectivity index (χ2v) is 0.590. The molecule has 0 fully saturated rings. The molecule has 0 aliphatic heterocycles. The van der Waals surface area contributed by atoms with Crippen LogP contribution in [-0.4, -0.2) is 6.21 Å². The third-order valence-corrected chi connectivity index (χ3v) is 0.254. The molecule has 0 N–H and O–H groups in total. The average molecular weight is 97.2 g/mol. The molecule has 0 radical (unpaired) electrons. The number of hydrogen-bond acceptors (Lipinski definition) is 1. The summed E-state index contributed by atoms with van der Waals surface area (Å²) >= 11 is 0. The highest BCUT2D eigenvalue weighted by Gasteiger charge is 1.40. The van der Waals surface area contributed by atoms with E-state index in [0.29, 0.717) is 0 Å². The molecule has 1 nitrogen and oxygen atoms in total. The summed E-state index contributed by atoms with van der Waals surface area (Å²) in [4.78, 5) is 3.61. The van der Waals surface area contributed by atoms with Gasteiger partial charge in [0.05, 0.1) is 0 Å². The lowest BCUT2D eigenvalue weighted by Gasteiger charge is -1.58. The third kappa shape index (κ3) is 38.6. The van der Waals surface area contributed by atoms with E-state index in [9.17, 15) is 0 Å². The van der Waals surface area contributed by atoms with Gasteiger partial charge in [-0.15, -0.1) is 13.2 Å². The Hall–Kier alpha value is -0.850. The van der Waals surface area contributed by atoms with E-state index >= 15 is 0 Å². The molecule has 0 aromatic heterocycles. The van der Waals surface area contributed by atoms with Crippen LogP contribution < -0.4 is 0 Å². The molecule has 0 amide bonds. The van der Waals surface area contributed by atoms with Crippen LogP contribution in [0.2, 0.25) is 0 Å². The van der Waals surface area contributed by atoms with Crippen LogP contribution in [0.1, 0.15) is 6.92 Å². The van der Waals surface area contributed by atoms with Crippen molar-refractivity contribution in [2.45, 2.75) is 6.92 Å². The minimum atomic E-state index is 1.50. The number of aliphatic imine (C=N–C) groups is 1. The van der Waals surface area contributed by atoms with Crippen LogP contribution in [-0.2, 0) is 0 Å². The fourth-order valence-corrected chi connectivity index (χ4v) is 0.105. The highest BCUT2D eigenvalue weighted by Crippen LogP contribution is 1.57. The van der Waals surface area contributed by atoms with Gasteiger partial charge in [0.1, 0.15) is 0 Å². The van der Waals surface area contributed by atoms with Gasteiger partial charge in [-0.2, -0.15) is 0 Å². The normalized spacial score (nSPS) is 7.00. The lowest BCUT2D eigenvalue weighted by atomic mass is 10.9. The Balaban J connectivity index is 0. The Kier molecular flexibility index (Phi) is 26.0. The van der Waals surface area contributed by atoms with Crippen LogP contribution in [0, 0.1) is 0 Å². The summed E-state index contributed by atoms with van der Waals surface area (Å²) in [5, 5.41) is 0. The summed E-state index contributed by atoms with van der Waals surface area (Å²) in [6, 6.07) is 0. The second-order valence-electron chi connectivity index (χ2n) is 0.590. The van der Waals surface area contributed by atoms with Crippen LogP contribution in [0.5, 0.6) is 0 Å². The van der Waals surface area contributed by atoms with Gasteiger partial charge >= 0.3 is 0 Å². The maximum atomic E-state index is 3.61. The van der Waals surface area contributed by atoms with Crippen LogP contribution >= 0.6 is 0 Å². The van der Waals surface area contributed by atoms with E-state index < -0.39 is 0 Å². The summed E-state index contributed by atoms with van der Waals surface area (Å²) in [5.41, 5.74) is 0. The molecule has 0 atom stereocenters. The zero-order valence-corrected chi connectivity index (χ0v) is 4.72. The zero-order valence-electron chi connectivity index (χ0n) is 4.72. The molecular formula is C6H11N. The smallest absolute Gasteiger partial charge is 0.0191 e. The molecule has 1 heteroatoms. The Morgan fingerprint density at radius 2 is 1.86 bits per heavy atom.